The fourth-order valence-corrected chi connectivity index (χ4v) is 4.53. The van der Waals surface area contributed by atoms with E-state index < -0.39 is 5.54 Å². The topological polar surface area (TPSA) is 87.5 Å². The summed E-state index contributed by atoms with van der Waals surface area (Å²) >= 11 is 0. The van der Waals surface area contributed by atoms with E-state index >= 15 is 0 Å². The van der Waals surface area contributed by atoms with Crippen LogP contribution in [-0.2, 0) is 16.6 Å². The number of carbonyl (C=O) groups excluding carboxylic acids is 3. The molecule has 0 aromatic carbocycles. The number of amides is 4. The molecule has 140 valence electrons. The molecule has 1 saturated carbocycles. The van der Waals surface area contributed by atoms with E-state index in [0.29, 0.717) is 25.9 Å². The Labute approximate surface area is 152 Å². The highest BCUT2D eigenvalue weighted by Gasteiger charge is 2.52. The maximum absolute atomic E-state index is 12.6. The van der Waals surface area contributed by atoms with Crippen molar-refractivity contribution in [2.24, 2.45) is 7.05 Å². The van der Waals surface area contributed by atoms with Gasteiger partial charge in [-0.1, -0.05) is 12.8 Å². The zero-order valence-corrected chi connectivity index (χ0v) is 15.1. The Bertz CT molecular complexity index is 737. The molecule has 1 aromatic rings. The molecule has 2 aliphatic heterocycles. The quantitative estimate of drug-likeness (QED) is 0.812. The lowest BCUT2D eigenvalue weighted by molar-refractivity contribution is -0.133. The third-order valence-electron chi connectivity index (χ3n) is 6.02. The lowest BCUT2D eigenvalue weighted by Gasteiger charge is -2.21. The van der Waals surface area contributed by atoms with Gasteiger partial charge in [-0.25, -0.2) is 9.78 Å². The van der Waals surface area contributed by atoms with Gasteiger partial charge < -0.3 is 14.8 Å². The van der Waals surface area contributed by atoms with Crippen molar-refractivity contribution in [1.82, 2.24) is 24.7 Å². The normalized spacial score (nSPS) is 24.7. The van der Waals surface area contributed by atoms with Gasteiger partial charge in [-0.3, -0.25) is 14.5 Å². The minimum Gasteiger partial charge on any atom is -0.342 e. The van der Waals surface area contributed by atoms with Crippen LogP contribution in [0.5, 0.6) is 0 Å². The first-order valence-corrected chi connectivity index (χ1v) is 9.39. The maximum atomic E-state index is 12.6. The fourth-order valence-electron chi connectivity index (χ4n) is 4.53. The summed E-state index contributed by atoms with van der Waals surface area (Å²) in [6.07, 6.45) is 8.10. The molecule has 8 heteroatoms. The summed E-state index contributed by atoms with van der Waals surface area (Å²) in [5, 5.41) is 2.86. The molecule has 0 radical (unpaired) electrons. The molecule has 1 unspecified atom stereocenters. The standard InChI is InChI=1S/C18H25N5O3/c1-21-11-8-19-15(21)13-4-9-22(12-13)14(24)5-10-23-16(25)18(20-17(23)26)6-2-3-7-18/h8,11,13H,2-7,9-10,12H2,1H3,(H,20,26). The van der Waals surface area contributed by atoms with Crippen LogP contribution in [0.3, 0.4) is 0 Å². The van der Waals surface area contributed by atoms with Crippen molar-refractivity contribution in [1.29, 1.82) is 0 Å². The highest BCUT2D eigenvalue weighted by atomic mass is 16.2. The Balaban J connectivity index is 1.33. The van der Waals surface area contributed by atoms with Gasteiger partial charge in [0.05, 0.1) is 0 Å². The third kappa shape index (κ3) is 2.77. The van der Waals surface area contributed by atoms with Crippen LogP contribution in [0.4, 0.5) is 4.79 Å². The number of aromatic nitrogens is 2. The molecule has 3 fully saturated rings. The molecular formula is C18H25N5O3. The molecule has 4 rings (SSSR count). The van der Waals surface area contributed by atoms with Crippen LogP contribution in [-0.4, -0.2) is 62.4 Å². The molecule has 2 saturated heterocycles. The monoisotopic (exact) mass is 359 g/mol. The zero-order valence-electron chi connectivity index (χ0n) is 15.1. The Hall–Kier alpha value is -2.38. The first kappa shape index (κ1) is 17.1. The SMILES string of the molecule is Cn1ccnc1C1CCN(C(=O)CCN2C(=O)NC3(CCCC3)C2=O)C1. The smallest absolute Gasteiger partial charge is 0.325 e. The van der Waals surface area contributed by atoms with Crippen LogP contribution in [0.25, 0.3) is 0 Å². The molecule has 1 N–H and O–H groups in total. The second-order valence-corrected chi connectivity index (χ2v) is 7.65. The van der Waals surface area contributed by atoms with Crippen LogP contribution in [0.2, 0.25) is 0 Å². The van der Waals surface area contributed by atoms with Crippen molar-refractivity contribution >= 4 is 17.8 Å². The van der Waals surface area contributed by atoms with Gasteiger partial charge in [-0.05, 0) is 19.3 Å². The fraction of sp³-hybridized carbons (Fsp3) is 0.667. The first-order chi connectivity index (χ1) is 12.5. The second kappa shape index (κ2) is 6.41. The summed E-state index contributed by atoms with van der Waals surface area (Å²) in [4.78, 5) is 44.8. The van der Waals surface area contributed by atoms with Gasteiger partial charge in [0.1, 0.15) is 11.4 Å². The number of imide groups is 1. The van der Waals surface area contributed by atoms with Crippen LogP contribution in [0.1, 0.15) is 50.3 Å². The molecule has 1 spiro atoms. The zero-order chi connectivity index (χ0) is 18.3. The van der Waals surface area contributed by atoms with Gasteiger partial charge >= 0.3 is 6.03 Å². The largest absolute Gasteiger partial charge is 0.342 e. The molecule has 0 bridgehead atoms. The number of imidazole rings is 1. The molecule has 1 aliphatic carbocycles. The Morgan fingerprint density at radius 1 is 1.35 bits per heavy atom. The van der Waals surface area contributed by atoms with Crippen LogP contribution < -0.4 is 5.32 Å². The number of nitrogens with zero attached hydrogens (tertiary/aromatic N) is 4. The average Bonchev–Trinajstić information content (AvgIpc) is 3.37. The van der Waals surface area contributed by atoms with E-state index in [1.807, 2.05) is 22.7 Å². The number of hydrogen-bond donors (Lipinski definition) is 1. The summed E-state index contributed by atoms with van der Waals surface area (Å²) in [5.74, 6) is 1.09. The van der Waals surface area contributed by atoms with Crippen molar-refractivity contribution in [3.8, 4) is 0 Å². The summed E-state index contributed by atoms with van der Waals surface area (Å²) < 4.78 is 1.99. The lowest BCUT2D eigenvalue weighted by atomic mass is 9.98. The number of rotatable bonds is 4. The molecule has 4 amide bonds. The summed E-state index contributed by atoms with van der Waals surface area (Å²) in [7, 11) is 1.96. The number of urea groups is 1. The summed E-state index contributed by atoms with van der Waals surface area (Å²) in [6.45, 7) is 1.50. The molecule has 3 heterocycles. The molecule has 8 nitrogen and oxygen atoms in total. The first-order valence-electron chi connectivity index (χ1n) is 9.39. The second-order valence-electron chi connectivity index (χ2n) is 7.65. The van der Waals surface area contributed by atoms with Gasteiger partial charge in [0.25, 0.3) is 5.91 Å². The van der Waals surface area contributed by atoms with E-state index in [2.05, 4.69) is 10.3 Å². The highest BCUT2D eigenvalue weighted by Crippen LogP contribution is 2.35. The molecule has 1 aromatic heterocycles. The van der Waals surface area contributed by atoms with Gasteiger partial charge in [-0.15, -0.1) is 0 Å². The van der Waals surface area contributed by atoms with E-state index in [0.717, 1.165) is 25.1 Å². The number of likely N-dealkylation sites (tertiary alicyclic amines) is 1. The van der Waals surface area contributed by atoms with Gasteiger partial charge in [0.15, 0.2) is 0 Å². The van der Waals surface area contributed by atoms with E-state index in [-0.39, 0.29) is 36.7 Å². The van der Waals surface area contributed by atoms with Crippen LogP contribution in [0, 0.1) is 0 Å². The van der Waals surface area contributed by atoms with E-state index in [9.17, 15) is 14.4 Å². The van der Waals surface area contributed by atoms with Gasteiger partial charge in [0, 0.05) is 51.4 Å². The number of hydrogen-bond acceptors (Lipinski definition) is 4. The minimum absolute atomic E-state index is 0.00492. The minimum atomic E-state index is -0.697. The van der Waals surface area contributed by atoms with Crippen LogP contribution >= 0.6 is 0 Å². The molecular weight excluding hydrogens is 334 g/mol. The predicted octanol–water partition coefficient (Wildman–Crippen LogP) is 0.991. The predicted molar refractivity (Wildman–Crippen MR) is 93.2 cm³/mol. The molecule has 1 atom stereocenters. The Kier molecular flexibility index (Phi) is 4.20. The van der Waals surface area contributed by atoms with E-state index in [1.54, 1.807) is 6.20 Å². The average molecular weight is 359 g/mol. The molecule has 26 heavy (non-hydrogen) atoms. The van der Waals surface area contributed by atoms with Gasteiger partial charge in [-0.2, -0.15) is 0 Å². The van der Waals surface area contributed by atoms with Crippen molar-refractivity contribution in [2.75, 3.05) is 19.6 Å². The number of aryl methyl sites for hydroxylation is 1. The van der Waals surface area contributed by atoms with Crippen LogP contribution in [0.15, 0.2) is 12.4 Å². The molecule has 3 aliphatic rings. The summed E-state index contributed by atoms with van der Waals surface area (Å²) in [5.41, 5.74) is -0.697. The van der Waals surface area contributed by atoms with Crippen molar-refractivity contribution in [3.05, 3.63) is 18.2 Å². The Morgan fingerprint density at radius 3 is 2.81 bits per heavy atom. The van der Waals surface area contributed by atoms with Crippen molar-refractivity contribution < 1.29 is 14.4 Å². The third-order valence-corrected chi connectivity index (χ3v) is 6.02. The lowest BCUT2D eigenvalue weighted by Crippen LogP contribution is -2.44. The van der Waals surface area contributed by atoms with E-state index in [4.69, 9.17) is 0 Å². The van der Waals surface area contributed by atoms with Crippen molar-refractivity contribution in [2.45, 2.75) is 50.0 Å². The highest BCUT2D eigenvalue weighted by molar-refractivity contribution is 6.07. The van der Waals surface area contributed by atoms with Gasteiger partial charge in [0.2, 0.25) is 5.91 Å². The van der Waals surface area contributed by atoms with E-state index in [1.165, 1.54) is 4.90 Å². The van der Waals surface area contributed by atoms with Crippen molar-refractivity contribution in [3.63, 3.8) is 0 Å². The Morgan fingerprint density at radius 2 is 2.12 bits per heavy atom. The summed E-state index contributed by atoms with van der Waals surface area (Å²) in [6, 6.07) is -0.350. The number of carbonyl (C=O) groups is 3. The number of nitrogens with one attached hydrogen (secondary N) is 1. The maximum Gasteiger partial charge on any atom is 0.325 e.